The van der Waals surface area contributed by atoms with Gasteiger partial charge >= 0.3 is 5.97 Å². The van der Waals surface area contributed by atoms with Crippen molar-refractivity contribution in [2.24, 2.45) is 0 Å². The molecular weight excluding hydrogens is 222 g/mol. The van der Waals surface area contributed by atoms with E-state index in [4.69, 9.17) is 9.84 Å². The Morgan fingerprint density at radius 2 is 1.94 bits per heavy atom. The highest BCUT2D eigenvalue weighted by atomic mass is 16.5. The van der Waals surface area contributed by atoms with Crippen LogP contribution in [-0.2, 0) is 4.79 Å². The summed E-state index contributed by atoms with van der Waals surface area (Å²) in [7, 11) is 1.56. The number of nitrogens with one attached hydrogen (secondary N) is 1. The van der Waals surface area contributed by atoms with Crippen LogP contribution in [0.1, 0.15) is 21.5 Å². The van der Waals surface area contributed by atoms with Crippen LogP contribution >= 0.6 is 0 Å². The molecule has 0 radical (unpaired) electrons. The van der Waals surface area contributed by atoms with Gasteiger partial charge in [0, 0.05) is 5.56 Å². The first-order valence-electron chi connectivity index (χ1n) is 5.11. The Kier molecular flexibility index (Phi) is 4.09. The van der Waals surface area contributed by atoms with Gasteiger partial charge in [-0.1, -0.05) is 0 Å². The van der Waals surface area contributed by atoms with Gasteiger partial charge in [0.1, 0.15) is 12.3 Å². The maximum Gasteiger partial charge on any atom is 0.322 e. The van der Waals surface area contributed by atoms with Gasteiger partial charge in [-0.05, 0) is 37.1 Å². The molecule has 0 heterocycles. The van der Waals surface area contributed by atoms with Gasteiger partial charge in [-0.25, -0.2) is 0 Å². The molecule has 0 aromatic heterocycles. The van der Waals surface area contributed by atoms with Crippen molar-refractivity contribution in [3.05, 3.63) is 28.8 Å². The smallest absolute Gasteiger partial charge is 0.322 e. The number of methoxy groups -OCH3 is 1. The Morgan fingerprint density at radius 1 is 1.29 bits per heavy atom. The van der Waals surface area contributed by atoms with Crippen molar-refractivity contribution in [3.63, 3.8) is 0 Å². The standard InChI is InChI=1S/C12H15NO4/c1-7-8(2)10(17-3)5-4-9(7)12(16)13-6-11(14)15/h4-5H,6H2,1-3H3,(H,13,16)(H,14,15). The predicted octanol–water partition coefficient (Wildman–Crippen LogP) is 1.13. The van der Waals surface area contributed by atoms with E-state index in [1.165, 1.54) is 0 Å². The first-order chi connectivity index (χ1) is 7.97. The molecule has 1 aromatic rings. The van der Waals surface area contributed by atoms with Gasteiger partial charge in [0.05, 0.1) is 7.11 Å². The molecule has 17 heavy (non-hydrogen) atoms. The molecular formula is C12H15NO4. The lowest BCUT2D eigenvalue weighted by Gasteiger charge is -2.11. The van der Waals surface area contributed by atoms with Gasteiger partial charge in [-0.2, -0.15) is 0 Å². The first-order valence-corrected chi connectivity index (χ1v) is 5.11. The topological polar surface area (TPSA) is 75.6 Å². The van der Waals surface area contributed by atoms with Crippen molar-refractivity contribution in [2.45, 2.75) is 13.8 Å². The number of carbonyl (C=O) groups excluding carboxylic acids is 1. The number of aliphatic carboxylic acids is 1. The maximum absolute atomic E-state index is 11.7. The predicted molar refractivity (Wildman–Crippen MR) is 62.4 cm³/mol. The van der Waals surface area contributed by atoms with Crippen LogP contribution in [0, 0.1) is 13.8 Å². The van der Waals surface area contributed by atoms with Crippen molar-refractivity contribution in [3.8, 4) is 5.75 Å². The molecule has 0 saturated carbocycles. The fourth-order valence-electron chi connectivity index (χ4n) is 1.51. The summed E-state index contributed by atoms with van der Waals surface area (Å²) in [6.07, 6.45) is 0. The Labute approximate surface area is 99.4 Å². The zero-order valence-corrected chi connectivity index (χ0v) is 10.0. The molecule has 0 saturated heterocycles. The highest BCUT2D eigenvalue weighted by Gasteiger charge is 2.13. The lowest BCUT2D eigenvalue weighted by atomic mass is 10.0. The Morgan fingerprint density at radius 3 is 2.47 bits per heavy atom. The van der Waals surface area contributed by atoms with Crippen LogP contribution in [0.3, 0.4) is 0 Å². The summed E-state index contributed by atoms with van der Waals surface area (Å²) in [6, 6.07) is 3.32. The van der Waals surface area contributed by atoms with Crippen LogP contribution in [-0.4, -0.2) is 30.6 Å². The van der Waals surface area contributed by atoms with Crippen LogP contribution in [0.4, 0.5) is 0 Å². The molecule has 0 aliphatic carbocycles. The highest BCUT2D eigenvalue weighted by molar-refractivity contribution is 5.97. The van der Waals surface area contributed by atoms with Gasteiger partial charge in [0.15, 0.2) is 0 Å². The second-order valence-corrected chi connectivity index (χ2v) is 3.64. The highest BCUT2D eigenvalue weighted by Crippen LogP contribution is 2.23. The molecule has 0 fully saturated rings. The quantitative estimate of drug-likeness (QED) is 0.823. The second kappa shape index (κ2) is 5.34. The zero-order chi connectivity index (χ0) is 13.0. The number of carboxylic acids is 1. The third-order valence-electron chi connectivity index (χ3n) is 2.60. The zero-order valence-electron chi connectivity index (χ0n) is 10.0. The summed E-state index contributed by atoms with van der Waals surface area (Å²) >= 11 is 0. The van der Waals surface area contributed by atoms with Crippen LogP contribution in [0.25, 0.3) is 0 Å². The average molecular weight is 237 g/mol. The molecule has 5 nitrogen and oxygen atoms in total. The average Bonchev–Trinajstić information content (AvgIpc) is 2.29. The number of hydrogen-bond donors (Lipinski definition) is 2. The van der Waals surface area contributed by atoms with Crippen molar-refractivity contribution in [2.75, 3.05) is 13.7 Å². The van der Waals surface area contributed by atoms with Crippen molar-refractivity contribution in [1.29, 1.82) is 0 Å². The minimum absolute atomic E-state index is 0.386. The molecule has 1 aromatic carbocycles. The third-order valence-corrected chi connectivity index (χ3v) is 2.60. The largest absolute Gasteiger partial charge is 0.496 e. The number of amides is 1. The Hall–Kier alpha value is -2.04. The molecule has 5 heteroatoms. The fourth-order valence-corrected chi connectivity index (χ4v) is 1.51. The number of carbonyl (C=O) groups is 2. The maximum atomic E-state index is 11.7. The molecule has 92 valence electrons. The number of carboxylic acid groups (broad SMARTS) is 1. The first kappa shape index (κ1) is 13.0. The molecule has 1 rings (SSSR count). The molecule has 0 bridgehead atoms. The van der Waals surface area contributed by atoms with Crippen LogP contribution < -0.4 is 10.1 Å². The van der Waals surface area contributed by atoms with Crippen LogP contribution in [0.2, 0.25) is 0 Å². The third kappa shape index (κ3) is 2.96. The SMILES string of the molecule is COc1ccc(C(=O)NCC(=O)O)c(C)c1C. The van der Waals surface area contributed by atoms with Crippen LogP contribution in [0.15, 0.2) is 12.1 Å². The van der Waals surface area contributed by atoms with E-state index in [0.717, 1.165) is 11.1 Å². The number of rotatable bonds is 4. The van der Waals surface area contributed by atoms with Crippen molar-refractivity contribution >= 4 is 11.9 Å². The van der Waals surface area contributed by atoms with E-state index in [1.807, 2.05) is 6.92 Å². The molecule has 2 N–H and O–H groups in total. The van der Waals surface area contributed by atoms with E-state index in [9.17, 15) is 9.59 Å². The molecule has 0 spiro atoms. The van der Waals surface area contributed by atoms with Crippen LogP contribution in [0.5, 0.6) is 5.75 Å². The molecule has 1 amide bonds. The minimum Gasteiger partial charge on any atom is -0.496 e. The van der Waals surface area contributed by atoms with Gasteiger partial charge in [-0.15, -0.1) is 0 Å². The normalized spacial score (nSPS) is 9.82. The summed E-state index contributed by atoms with van der Waals surface area (Å²) in [5.74, 6) is -0.755. The van der Waals surface area contributed by atoms with E-state index in [1.54, 1.807) is 26.2 Å². The van der Waals surface area contributed by atoms with E-state index in [2.05, 4.69) is 5.32 Å². The fraction of sp³-hybridized carbons (Fsp3) is 0.333. The summed E-state index contributed by atoms with van der Waals surface area (Å²) < 4.78 is 5.13. The van der Waals surface area contributed by atoms with E-state index >= 15 is 0 Å². The Balaban J connectivity index is 2.95. The minimum atomic E-state index is -1.07. The van der Waals surface area contributed by atoms with Gasteiger partial charge < -0.3 is 15.2 Å². The second-order valence-electron chi connectivity index (χ2n) is 3.64. The summed E-state index contributed by atoms with van der Waals surface area (Å²) in [4.78, 5) is 22.1. The van der Waals surface area contributed by atoms with E-state index in [-0.39, 0.29) is 6.54 Å². The van der Waals surface area contributed by atoms with E-state index < -0.39 is 11.9 Å². The summed E-state index contributed by atoms with van der Waals surface area (Å²) in [5.41, 5.74) is 2.12. The molecule has 0 unspecified atom stereocenters. The molecule has 0 aliphatic rings. The molecule has 0 aliphatic heterocycles. The Bertz CT molecular complexity index is 454. The lowest BCUT2D eigenvalue weighted by Crippen LogP contribution is -2.29. The summed E-state index contributed by atoms with van der Waals surface area (Å²) in [6.45, 7) is 3.26. The lowest BCUT2D eigenvalue weighted by molar-refractivity contribution is -0.135. The number of ether oxygens (including phenoxy) is 1. The monoisotopic (exact) mass is 237 g/mol. The van der Waals surface area contributed by atoms with Crippen molar-refractivity contribution < 1.29 is 19.4 Å². The number of hydrogen-bond acceptors (Lipinski definition) is 3. The molecule has 0 atom stereocenters. The summed E-state index contributed by atoms with van der Waals surface area (Å²) in [5, 5.41) is 10.8. The number of benzene rings is 1. The van der Waals surface area contributed by atoms with E-state index in [0.29, 0.717) is 11.3 Å². The van der Waals surface area contributed by atoms with Gasteiger partial charge in [-0.3, -0.25) is 9.59 Å². The van der Waals surface area contributed by atoms with Gasteiger partial charge in [0.2, 0.25) is 0 Å². The van der Waals surface area contributed by atoms with Gasteiger partial charge in [0.25, 0.3) is 5.91 Å². The van der Waals surface area contributed by atoms with Crippen molar-refractivity contribution in [1.82, 2.24) is 5.32 Å².